The number of aromatic nitrogens is 5. The van der Waals surface area contributed by atoms with Gasteiger partial charge in [-0.05, 0) is 33.1 Å². The summed E-state index contributed by atoms with van der Waals surface area (Å²) in [4.78, 5) is 11.2. The topological polar surface area (TPSA) is 69.0 Å². The number of hydrogen-bond acceptors (Lipinski definition) is 6. The molecule has 0 aliphatic carbocycles. The maximum Gasteiger partial charge on any atom is 0.235 e. The van der Waals surface area contributed by atoms with Gasteiger partial charge in [0.05, 0.1) is 17.9 Å². The molecule has 4 rings (SSSR count). The molecule has 1 saturated heterocycles. The zero-order chi connectivity index (χ0) is 16.5. The van der Waals surface area contributed by atoms with Gasteiger partial charge in [0.2, 0.25) is 5.88 Å². The summed E-state index contributed by atoms with van der Waals surface area (Å²) in [6, 6.07) is 0. The predicted molar refractivity (Wildman–Crippen MR) is 88.8 cm³/mol. The lowest BCUT2D eigenvalue weighted by Gasteiger charge is -2.31. The van der Waals surface area contributed by atoms with Crippen LogP contribution in [0.1, 0.15) is 42.3 Å². The maximum atomic E-state index is 6.09. The minimum Gasteiger partial charge on any atom is -0.473 e. The van der Waals surface area contributed by atoms with E-state index in [1.807, 2.05) is 13.8 Å². The molecule has 0 radical (unpaired) electrons. The largest absolute Gasteiger partial charge is 0.473 e. The molecular weight excluding hydrogens is 304 g/mol. The van der Waals surface area contributed by atoms with Crippen LogP contribution in [0, 0.1) is 13.8 Å². The fraction of sp³-hybridized carbons (Fsp3) is 0.647. The monoisotopic (exact) mass is 328 g/mol. The second-order valence-electron chi connectivity index (χ2n) is 6.78. The van der Waals surface area contributed by atoms with Gasteiger partial charge in [-0.1, -0.05) is 0 Å². The van der Waals surface area contributed by atoms with Crippen LogP contribution in [0.2, 0.25) is 0 Å². The number of hydrogen-bond donors (Lipinski definition) is 0. The zero-order valence-corrected chi connectivity index (χ0v) is 14.4. The third-order valence-corrected chi connectivity index (χ3v) is 4.90. The average Bonchev–Trinajstić information content (AvgIpc) is 3.18. The number of nitrogens with zero attached hydrogens (tertiary/aromatic N) is 6. The normalized spacial score (nSPS) is 18.8. The first-order chi connectivity index (χ1) is 11.7. The molecule has 0 aromatic carbocycles. The standard InChI is InChI=1S/C17H24N6O/c1-12-10-18-13(2)17(19-12)24-14-5-8-22(9-6-14)11-16-21-20-15-4-3-7-23(15)16/h10,14H,3-9,11H2,1-2H3. The first-order valence-electron chi connectivity index (χ1n) is 8.79. The van der Waals surface area contributed by atoms with E-state index in [1.165, 1.54) is 6.42 Å². The van der Waals surface area contributed by atoms with Crippen LogP contribution in [0.25, 0.3) is 0 Å². The zero-order valence-electron chi connectivity index (χ0n) is 14.4. The van der Waals surface area contributed by atoms with E-state index in [0.717, 1.165) is 68.5 Å². The molecule has 0 atom stereocenters. The maximum absolute atomic E-state index is 6.09. The third-order valence-electron chi connectivity index (χ3n) is 4.90. The van der Waals surface area contributed by atoms with E-state index in [9.17, 15) is 0 Å². The van der Waals surface area contributed by atoms with Crippen molar-refractivity contribution in [2.75, 3.05) is 13.1 Å². The molecule has 2 aromatic rings. The Morgan fingerprint density at radius 1 is 1.17 bits per heavy atom. The predicted octanol–water partition coefficient (Wildman–Crippen LogP) is 1.67. The second kappa shape index (κ2) is 6.47. The first kappa shape index (κ1) is 15.5. The van der Waals surface area contributed by atoms with Crippen LogP contribution in [-0.2, 0) is 19.5 Å². The van der Waals surface area contributed by atoms with Crippen molar-refractivity contribution < 1.29 is 4.74 Å². The van der Waals surface area contributed by atoms with Crippen LogP contribution in [0.3, 0.4) is 0 Å². The Bertz CT molecular complexity index is 720. The second-order valence-corrected chi connectivity index (χ2v) is 6.78. The fourth-order valence-corrected chi connectivity index (χ4v) is 3.50. The van der Waals surface area contributed by atoms with Crippen LogP contribution >= 0.6 is 0 Å². The number of piperidine rings is 1. The van der Waals surface area contributed by atoms with Gasteiger partial charge in [0, 0.05) is 32.3 Å². The number of rotatable bonds is 4. The van der Waals surface area contributed by atoms with Gasteiger partial charge in [0.15, 0.2) is 0 Å². The van der Waals surface area contributed by atoms with Crippen LogP contribution in [0.4, 0.5) is 0 Å². The van der Waals surface area contributed by atoms with Crippen LogP contribution in [0.15, 0.2) is 6.20 Å². The van der Waals surface area contributed by atoms with Gasteiger partial charge in [-0.2, -0.15) is 0 Å². The highest BCUT2D eigenvalue weighted by Crippen LogP contribution is 2.21. The fourth-order valence-electron chi connectivity index (χ4n) is 3.50. The number of fused-ring (bicyclic) bond motifs is 1. The van der Waals surface area contributed by atoms with Crippen molar-refractivity contribution in [3.05, 3.63) is 29.2 Å². The van der Waals surface area contributed by atoms with Crippen LogP contribution in [0.5, 0.6) is 5.88 Å². The summed E-state index contributed by atoms with van der Waals surface area (Å²) in [6.45, 7) is 7.89. The van der Waals surface area contributed by atoms with E-state index in [1.54, 1.807) is 6.20 Å². The Balaban J connectivity index is 1.32. The molecule has 0 N–H and O–H groups in total. The Morgan fingerprint density at radius 3 is 2.83 bits per heavy atom. The van der Waals surface area contributed by atoms with Crippen molar-refractivity contribution >= 4 is 0 Å². The summed E-state index contributed by atoms with van der Waals surface area (Å²) in [7, 11) is 0. The molecule has 4 heterocycles. The van der Waals surface area contributed by atoms with Gasteiger partial charge in [-0.25, -0.2) is 4.98 Å². The molecule has 7 nitrogen and oxygen atoms in total. The SMILES string of the molecule is Cc1cnc(C)c(OC2CCN(Cc3nnc4n3CCC4)CC2)n1. The molecule has 0 saturated carbocycles. The summed E-state index contributed by atoms with van der Waals surface area (Å²) in [6.07, 6.45) is 6.29. The minimum absolute atomic E-state index is 0.222. The van der Waals surface area contributed by atoms with Crippen molar-refractivity contribution in [1.82, 2.24) is 29.6 Å². The van der Waals surface area contributed by atoms with E-state index < -0.39 is 0 Å². The summed E-state index contributed by atoms with van der Waals surface area (Å²) < 4.78 is 8.38. The Labute approximate surface area is 142 Å². The lowest BCUT2D eigenvalue weighted by atomic mass is 10.1. The van der Waals surface area contributed by atoms with Gasteiger partial charge in [-0.3, -0.25) is 9.88 Å². The van der Waals surface area contributed by atoms with Crippen molar-refractivity contribution in [3.63, 3.8) is 0 Å². The third kappa shape index (κ3) is 3.13. The molecule has 0 unspecified atom stereocenters. The molecule has 2 aliphatic heterocycles. The van der Waals surface area contributed by atoms with Gasteiger partial charge >= 0.3 is 0 Å². The van der Waals surface area contributed by atoms with Crippen LogP contribution in [-0.4, -0.2) is 48.8 Å². The van der Waals surface area contributed by atoms with E-state index in [0.29, 0.717) is 5.88 Å². The Morgan fingerprint density at radius 2 is 2.00 bits per heavy atom. The lowest BCUT2D eigenvalue weighted by molar-refractivity contribution is 0.0901. The van der Waals surface area contributed by atoms with Gasteiger partial charge < -0.3 is 9.30 Å². The highest BCUT2D eigenvalue weighted by Gasteiger charge is 2.24. The number of likely N-dealkylation sites (tertiary alicyclic amines) is 1. The van der Waals surface area contributed by atoms with Gasteiger partial charge in [0.1, 0.15) is 17.8 Å². The molecule has 2 aliphatic rings. The molecule has 2 aromatic heterocycles. The molecule has 0 bridgehead atoms. The van der Waals surface area contributed by atoms with Gasteiger partial charge in [0.25, 0.3) is 0 Å². The van der Waals surface area contributed by atoms with E-state index in [4.69, 9.17) is 4.74 Å². The molecular formula is C17H24N6O. The van der Waals surface area contributed by atoms with E-state index in [2.05, 4.69) is 29.6 Å². The quantitative estimate of drug-likeness (QED) is 0.850. The highest BCUT2D eigenvalue weighted by atomic mass is 16.5. The van der Waals surface area contributed by atoms with Crippen molar-refractivity contribution in [2.24, 2.45) is 0 Å². The number of ether oxygens (including phenoxy) is 1. The summed E-state index contributed by atoms with van der Waals surface area (Å²) >= 11 is 0. The average molecular weight is 328 g/mol. The van der Waals surface area contributed by atoms with E-state index >= 15 is 0 Å². The Hall–Kier alpha value is -2.02. The number of aryl methyl sites for hydroxylation is 3. The molecule has 1 fully saturated rings. The van der Waals surface area contributed by atoms with Crippen molar-refractivity contribution in [3.8, 4) is 5.88 Å². The van der Waals surface area contributed by atoms with Crippen LogP contribution < -0.4 is 4.74 Å². The highest BCUT2D eigenvalue weighted by molar-refractivity contribution is 5.18. The molecule has 7 heteroatoms. The van der Waals surface area contributed by atoms with Crippen molar-refractivity contribution in [2.45, 2.75) is 58.7 Å². The lowest BCUT2D eigenvalue weighted by Crippen LogP contribution is -2.38. The smallest absolute Gasteiger partial charge is 0.235 e. The first-order valence-corrected chi connectivity index (χ1v) is 8.79. The molecule has 128 valence electrons. The van der Waals surface area contributed by atoms with Crippen molar-refractivity contribution in [1.29, 1.82) is 0 Å². The molecule has 0 spiro atoms. The summed E-state index contributed by atoms with van der Waals surface area (Å²) in [5.74, 6) is 2.95. The molecule has 0 amide bonds. The summed E-state index contributed by atoms with van der Waals surface area (Å²) in [5, 5.41) is 8.66. The van der Waals surface area contributed by atoms with Gasteiger partial charge in [-0.15, -0.1) is 10.2 Å². The summed E-state index contributed by atoms with van der Waals surface area (Å²) in [5.41, 5.74) is 1.76. The Kier molecular flexibility index (Phi) is 4.18. The molecule has 24 heavy (non-hydrogen) atoms. The van der Waals surface area contributed by atoms with E-state index in [-0.39, 0.29) is 6.10 Å². The minimum atomic E-state index is 0.222.